The number of likely N-dealkylation sites (tertiary alicyclic amines) is 1. The summed E-state index contributed by atoms with van der Waals surface area (Å²) < 4.78 is 0. The van der Waals surface area contributed by atoms with Crippen molar-refractivity contribution in [2.45, 2.75) is 51.6 Å². The fourth-order valence-corrected chi connectivity index (χ4v) is 3.58. The van der Waals surface area contributed by atoms with Gasteiger partial charge in [-0.3, -0.25) is 0 Å². The highest BCUT2D eigenvalue weighted by Gasteiger charge is 2.16. The minimum Gasteiger partial charge on any atom is -0.361 e. The van der Waals surface area contributed by atoms with Crippen molar-refractivity contribution in [1.82, 2.24) is 15.2 Å². The molecule has 1 aliphatic heterocycles. The van der Waals surface area contributed by atoms with Crippen LogP contribution < -0.4 is 5.32 Å². The Morgan fingerprint density at radius 3 is 3.09 bits per heavy atom. The lowest BCUT2D eigenvalue weighted by Crippen LogP contribution is -2.38. The molecule has 1 saturated heterocycles. The highest BCUT2D eigenvalue weighted by Crippen LogP contribution is 2.18. The second-order valence-electron chi connectivity index (χ2n) is 6.62. The van der Waals surface area contributed by atoms with E-state index in [9.17, 15) is 0 Å². The van der Waals surface area contributed by atoms with Gasteiger partial charge >= 0.3 is 0 Å². The van der Waals surface area contributed by atoms with Gasteiger partial charge in [0, 0.05) is 29.7 Å². The van der Waals surface area contributed by atoms with Crippen LogP contribution in [0.1, 0.15) is 44.6 Å². The van der Waals surface area contributed by atoms with E-state index in [1.807, 2.05) is 6.20 Å². The van der Waals surface area contributed by atoms with Gasteiger partial charge in [0.2, 0.25) is 0 Å². The van der Waals surface area contributed by atoms with Crippen LogP contribution in [0.2, 0.25) is 0 Å². The van der Waals surface area contributed by atoms with Gasteiger partial charge in [-0.05, 0) is 69.9 Å². The number of unbranched alkanes of at least 4 members (excludes halogenated alkanes) is 1. The van der Waals surface area contributed by atoms with Gasteiger partial charge in [0.25, 0.3) is 0 Å². The lowest BCUT2D eigenvalue weighted by Gasteiger charge is -2.33. The predicted molar refractivity (Wildman–Crippen MR) is 94.1 cm³/mol. The molecule has 2 aromatic rings. The quantitative estimate of drug-likeness (QED) is 0.759. The topological polar surface area (TPSA) is 31.1 Å². The Morgan fingerprint density at radius 1 is 1.23 bits per heavy atom. The molecule has 1 aromatic heterocycles. The maximum Gasteiger partial charge on any atom is 0.0457 e. The van der Waals surface area contributed by atoms with Gasteiger partial charge in [-0.2, -0.15) is 0 Å². The molecule has 1 atom stereocenters. The monoisotopic (exact) mass is 299 g/mol. The highest BCUT2D eigenvalue weighted by atomic mass is 15.1. The summed E-state index contributed by atoms with van der Waals surface area (Å²) in [6.07, 6.45) is 8.80. The molecular weight excluding hydrogens is 270 g/mol. The highest BCUT2D eigenvalue weighted by molar-refractivity contribution is 5.82. The molecule has 3 rings (SSSR count). The number of nitrogens with one attached hydrogen (secondary N) is 2. The number of benzene rings is 1. The van der Waals surface area contributed by atoms with Crippen molar-refractivity contribution in [3.05, 3.63) is 36.0 Å². The summed E-state index contributed by atoms with van der Waals surface area (Å²) in [5.74, 6) is 0. The summed E-state index contributed by atoms with van der Waals surface area (Å²) >= 11 is 0. The van der Waals surface area contributed by atoms with Crippen LogP contribution in [-0.4, -0.2) is 35.6 Å². The van der Waals surface area contributed by atoms with Crippen LogP contribution in [0.5, 0.6) is 0 Å². The first-order valence-electron chi connectivity index (χ1n) is 8.84. The Labute approximate surface area is 134 Å². The zero-order valence-electron chi connectivity index (χ0n) is 13.8. The van der Waals surface area contributed by atoms with E-state index in [1.54, 1.807) is 0 Å². The number of piperidine rings is 1. The Hall–Kier alpha value is -1.32. The van der Waals surface area contributed by atoms with Crippen molar-refractivity contribution < 1.29 is 0 Å². The van der Waals surface area contributed by atoms with E-state index >= 15 is 0 Å². The van der Waals surface area contributed by atoms with Crippen LogP contribution >= 0.6 is 0 Å². The number of nitrogens with zero attached hydrogens (tertiary/aromatic N) is 1. The van der Waals surface area contributed by atoms with Crippen LogP contribution in [0.4, 0.5) is 0 Å². The van der Waals surface area contributed by atoms with Crippen molar-refractivity contribution in [3.8, 4) is 0 Å². The predicted octanol–water partition coefficient (Wildman–Crippen LogP) is 3.91. The molecule has 1 aliphatic rings. The Kier molecular flexibility index (Phi) is 5.52. The molecule has 3 nitrogen and oxygen atoms in total. The molecule has 0 spiro atoms. The smallest absolute Gasteiger partial charge is 0.0457 e. The number of hydrogen-bond donors (Lipinski definition) is 2. The molecule has 1 unspecified atom stereocenters. The van der Waals surface area contributed by atoms with E-state index in [0.717, 1.165) is 19.1 Å². The number of H-pyrrole nitrogens is 1. The molecule has 0 saturated carbocycles. The number of rotatable bonds is 7. The Balaban J connectivity index is 1.35. The van der Waals surface area contributed by atoms with Gasteiger partial charge in [-0.15, -0.1) is 0 Å². The third kappa shape index (κ3) is 3.90. The van der Waals surface area contributed by atoms with Gasteiger partial charge in [0.05, 0.1) is 0 Å². The van der Waals surface area contributed by atoms with E-state index in [1.165, 1.54) is 61.7 Å². The van der Waals surface area contributed by atoms with Gasteiger partial charge < -0.3 is 15.2 Å². The molecular formula is C19H29N3. The van der Waals surface area contributed by atoms with Crippen LogP contribution in [0.15, 0.2) is 30.5 Å². The van der Waals surface area contributed by atoms with Crippen LogP contribution in [0.25, 0.3) is 10.9 Å². The van der Waals surface area contributed by atoms with Crippen molar-refractivity contribution in [2.24, 2.45) is 0 Å². The number of hydrogen-bond acceptors (Lipinski definition) is 2. The first-order valence-corrected chi connectivity index (χ1v) is 8.84. The minimum atomic E-state index is 0.799. The van der Waals surface area contributed by atoms with E-state index < -0.39 is 0 Å². The average molecular weight is 299 g/mol. The fraction of sp³-hybridized carbons (Fsp3) is 0.579. The van der Waals surface area contributed by atoms with Crippen LogP contribution in [0, 0.1) is 0 Å². The maximum absolute atomic E-state index is 3.60. The molecule has 0 bridgehead atoms. The van der Waals surface area contributed by atoms with Gasteiger partial charge in [0.1, 0.15) is 0 Å². The van der Waals surface area contributed by atoms with Crippen molar-refractivity contribution in [2.75, 3.05) is 19.6 Å². The van der Waals surface area contributed by atoms with E-state index in [-0.39, 0.29) is 0 Å². The first kappa shape index (κ1) is 15.6. The van der Waals surface area contributed by atoms with E-state index in [0.29, 0.717) is 0 Å². The second-order valence-corrected chi connectivity index (χ2v) is 6.62. The summed E-state index contributed by atoms with van der Waals surface area (Å²) in [6.45, 7) is 7.05. The lowest BCUT2D eigenvalue weighted by atomic mass is 10.0. The summed E-state index contributed by atoms with van der Waals surface area (Å²) in [4.78, 5) is 5.95. The third-order valence-electron chi connectivity index (χ3n) is 4.99. The summed E-state index contributed by atoms with van der Waals surface area (Å²) in [6, 6.07) is 9.46. The van der Waals surface area contributed by atoms with Gasteiger partial charge in [-0.25, -0.2) is 0 Å². The standard InChI is InChI=1S/C19H29N3/c1-16-7-2-4-13-22(16)14-5-3-11-20-15-17-8-6-9-19-18(17)10-12-21-19/h6,8-10,12,16,20-21H,2-5,7,11,13-15H2,1H3. The Morgan fingerprint density at radius 2 is 2.18 bits per heavy atom. The first-order chi connectivity index (χ1) is 10.8. The molecule has 3 heteroatoms. The second kappa shape index (κ2) is 7.80. The van der Waals surface area contributed by atoms with E-state index in [2.05, 4.69) is 46.4 Å². The van der Waals surface area contributed by atoms with Crippen LogP contribution in [0.3, 0.4) is 0 Å². The minimum absolute atomic E-state index is 0.799. The molecule has 2 N–H and O–H groups in total. The average Bonchev–Trinajstić information content (AvgIpc) is 3.01. The number of aromatic amines is 1. The molecule has 0 radical (unpaired) electrons. The molecule has 120 valence electrons. The summed E-state index contributed by atoms with van der Waals surface area (Å²) in [7, 11) is 0. The Bertz CT molecular complexity index is 575. The molecule has 2 heterocycles. The fourth-order valence-electron chi connectivity index (χ4n) is 3.58. The summed E-state index contributed by atoms with van der Waals surface area (Å²) in [5.41, 5.74) is 2.63. The van der Waals surface area contributed by atoms with Crippen molar-refractivity contribution >= 4 is 10.9 Å². The molecule has 0 aliphatic carbocycles. The largest absolute Gasteiger partial charge is 0.361 e. The van der Waals surface area contributed by atoms with Gasteiger partial charge in [0.15, 0.2) is 0 Å². The zero-order valence-corrected chi connectivity index (χ0v) is 13.8. The molecule has 0 amide bonds. The van der Waals surface area contributed by atoms with E-state index in [4.69, 9.17) is 0 Å². The molecule has 1 aromatic carbocycles. The maximum atomic E-state index is 3.60. The molecule has 1 fully saturated rings. The van der Waals surface area contributed by atoms with Crippen LogP contribution in [-0.2, 0) is 6.54 Å². The molecule has 22 heavy (non-hydrogen) atoms. The van der Waals surface area contributed by atoms with Crippen molar-refractivity contribution in [3.63, 3.8) is 0 Å². The zero-order chi connectivity index (χ0) is 15.2. The van der Waals surface area contributed by atoms with Gasteiger partial charge in [-0.1, -0.05) is 18.6 Å². The SMILES string of the molecule is CC1CCCCN1CCCCNCc1cccc2[nH]ccc12. The normalized spacial score (nSPS) is 19.8. The van der Waals surface area contributed by atoms with Crippen molar-refractivity contribution in [1.29, 1.82) is 0 Å². The lowest BCUT2D eigenvalue weighted by molar-refractivity contribution is 0.158. The summed E-state index contributed by atoms with van der Waals surface area (Å²) in [5, 5.41) is 4.94. The number of fused-ring (bicyclic) bond motifs is 1. The third-order valence-corrected chi connectivity index (χ3v) is 4.99. The number of aromatic nitrogens is 1.